The molecule has 2 rings (SSSR count). The molecule has 0 spiro atoms. The van der Waals surface area contributed by atoms with Crippen molar-refractivity contribution < 1.29 is 9.90 Å². The van der Waals surface area contributed by atoms with Crippen molar-refractivity contribution in [2.24, 2.45) is 5.10 Å². The van der Waals surface area contributed by atoms with E-state index in [-0.39, 0.29) is 10.6 Å². The second kappa shape index (κ2) is 6.16. The van der Waals surface area contributed by atoms with Gasteiger partial charge in [0, 0.05) is 18.0 Å². The number of nitrogens with zero attached hydrogens (tertiary/aromatic N) is 2. The molecule has 20 heavy (non-hydrogen) atoms. The molecule has 102 valence electrons. The monoisotopic (exact) mass is 289 g/mol. The summed E-state index contributed by atoms with van der Waals surface area (Å²) >= 11 is 5.80. The molecule has 1 aromatic carbocycles. The van der Waals surface area contributed by atoms with Gasteiger partial charge in [-0.2, -0.15) is 5.10 Å². The van der Waals surface area contributed by atoms with Crippen LogP contribution in [0.1, 0.15) is 22.8 Å². The van der Waals surface area contributed by atoms with Gasteiger partial charge in [-0.25, -0.2) is 4.79 Å². The Kier molecular flexibility index (Phi) is 4.32. The molecule has 0 aliphatic rings. The molecule has 0 atom stereocenters. The Labute approximate surface area is 120 Å². The second-order valence-electron chi connectivity index (χ2n) is 4.04. The highest BCUT2D eigenvalue weighted by Crippen LogP contribution is 2.20. The number of hydrogen-bond acceptors (Lipinski definition) is 4. The molecule has 5 nitrogen and oxygen atoms in total. The lowest BCUT2D eigenvalue weighted by atomic mass is 10.2. The standard InChI is InChI=1S/C14H12ClN3O2/c1-9(10-4-6-16-7-5-10)17-18-11-2-3-13(15)12(8-11)14(19)20/h2-8,18H,1H3,(H,19,20). The highest BCUT2D eigenvalue weighted by molar-refractivity contribution is 6.33. The van der Waals surface area contributed by atoms with E-state index < -0.39 is 5.97 Å². The largest absolute Gasteiger partial charge is 0.478 e. The number of aromatic nitrogens is 1. The van der Waals surface area contributed by atoms with E-state index in [9.17, 15) is 4.79 Å². The van der Waals surface area contributed by atoms with Gasteiger partial charge in [-0.3, -0.25) is 10.4 Å². The van der Waals surface area contributed by atoms with Crippen LogP contribution in [-0.2, 0) is 0 Å². The summed E-state index contributed by atoms with van der Waals surface area (Å²) in [6.07, 6.45) is 3.36. The molecular weight excluding hydrogens is 278 g/mol. The van der Waals surface area contributed by atoms with Crippen LogP contribution in [0, 0.1) is 0 Å². The first-order chi connectivity index (χ1) is 9.58. The fourth-order valence-corrected chi connectivity index (χ4v) is 1.76. The van der Waals surface area contributed by atoms with Crippen LogP contribution in [0.4, 0.5) is 5.69 Å². The van der Waals surface area contributed by atoms with Crippen LogP contribution in [0.15, 0.2) is 47.8 Å². The van der Waals surface area contributed by atoms with Gasteiger partial charge >= 0.3 is 5.97 Å². The molecule has 0 aliphatic heterocycles. The van der Waals surface area contributed by atoms with Crippen LogP contribution < -0.4 is 5.43 Å². The predicted octanol–water partition coefficient (Wildman–Crippen LogP) is 3.27. The third kappa shape index (κ3) is 3.33. The number of pyridine rings is 1. The van der Waals surface area contributed by atoms with Crippen molar-refractivity contribution in [3.8, 4) is 0 Å². The van der Waals surface area contributed by atoms with E-state index in [2.05, 4.69) is 15.5 Å². The van der Waals surface area contributed by atoms with E-state index in [0.29, 0.717) is 5.69 Å². The SMILES string of the molecule is CC(=NNc1ccc(Cl)c(C(=O)O)c1)c1ccncc1. The highest BCUT2D eigenvalue weighted by atomic mass is 35.5. The number of hydrogen-bond donors (Lipinski definition) is 2. The summed E-state index contributed by atoms with van der Waals surface area (Å²) in [6.45, 7) is 1.84. The third-order valence-electron chi connectivity index (χ3n) is 2.65. The zero-order valence-corrected chi connectivity index (χ0v) is 11.4. The smallest absolute Gasteiger partial charge is 0.337 e. The van der Waals surface area contributed by atoms with Gasteiger partial charge in [0.25, 0.3) is 0 Å². The Morgan fingerprint density at radius 2 is 2.00 bits per heavy atom. The Morgan fingerprint density at radius 3 is 2.65 bits per heavy atom. The first kappa shape index (κ1) is 14.0. The molecule has 2 N–H and O–H groups in total. The summed E-state index contributed by atoms with van der Waals surface area (Å²) in [5.41, 5.74) is 5.10. The molecule has 0 radical (unpaired) electrons. The number of carbonyl (C=O) groups is 1. The minimum Gasteiger partial charge on any atom is -0.478 e. The van der Waals surface area contributed by atoms with E-state index in [1.165, 1.54) is 12.1 Å². The molecule has 0 saturated carbocycles. The third-order valence-corrected chi connectivity index (χ3v) is 2.98. The number of carboxylic acid groups (broad SMARTS) is 1. The molecule has 0 aliphatic carbocycles. The molecular formula is C14H12ClN3O2. The summed E-state index contributed by atoms with van der Waals surface area (Å²) in [5, 5.41) is 13.4. The Bertz CT molecular complexity index is 657. The van der Waals surface area contributed by atoms with E-state index in [1.54, 1.807) is 18.5 Å². The van der Waals surface area contributed by atoms with Crippen molar-refractivity contribution in [1.29, 1.82) is 0 Å². The van der Waals surface area contributed by atoms with Crippen LogP contribution in [0.5, 0.6) is 0 Å². The minimum atomic E-state index is -1.08. The molecule has 0 fully saturated rings. The van der Waals surface area contributed by atoms with Crippen molar-refractivity contribution in [3.05, 3.63) is 58.9 Å². The number of anilines is 1. The summed E-state index contributed by atoms with van der Waals surface area (Å²) in [4.78, 5) is 14.9. The number of benzene rings is 1. The van der Waals surface area contributed by atoms with Crippen molar-refractivity contribution in [1.82, 2.24) is 4.98 Å². The van der Waals surface area contributed by atoms with Gasteiger partial charge in [-0.05, 0) is 37.3 Å². The fraction of sp³-hybridized carbons (Fsp3) is 0.0714. The number of carboxylic acids is 1. The molecule has 0 amide bonds. The van der Waals surface area contributed by atoms with Crippen molar-refractivity contribution >= 4 is 29.0 Å². The normalized spacial score (nSPS) is 11.2. The van der Waals surface area contributed by atoms with Crippen molar-refractivity contribution in [3.63, 3.8) is 0 Å². The Hall–Kier alpha value is -2.40. The van der Waals surface area contributed by atoms with E-state index in [4.69, 9.17) is 16.7 Å². The summed E-state index contributed by atoms with van der Waals surface area (Å²) in [7, 11) is 0. The molecule has 6 heteroatoms. The summed E-state index contributed by atoms with van der Waals surface area (Å²) in [6, 6.07) is 8.30. The highest BCUT2D eigenvalue weighted by Gasteiger charge is 2.09. The quantitative estimate of drug-likeness (QED) is 0.669. The molecule has 0 bridgehead atoms. The van der Waals surface area contributed by atoms with Crippen molar-refractivity contribution in [2.75, 3.05) is 5.43 Å². The van der Waals surface area contributed by atoms with Crippen LogP contribution in [0.3, 0.4) is 0 Å². The number of halogens is 1. The van der Waals surface area contributed by atoms with E-state index in [1.807, 2.05) is 19.1 Å². The summed E-state index contributed by atoms with van der Waals surface area (Å²) in [5.74, 6) is -1.08. The van der Waals surface area contributed by atoms with E-state index in [0.717, 1.165) is 11.3 Å². The average Bonchev–Trinajstić information content (AvgIpc) is 2.46. The maximum atomic E-state index is 11.0. The Balaban J connectivity index is 2.19. The fourth-order valence-electron chi connectivity index (χ4n) is 1.56. The molecule has 2 aromatic rings. The number of hydrazone groups is 1. The van der Waals surface area contributed by atoms with Gasteiger partial charge in [0.05, 0.1) is 22.0 Å². The summed E-state index contributed by atoms with van der Waals surface area (Å²) < 4.78 is 0. The minimum absolute atomic E-state index is 0.0356. The lowest BCUT2D eigenvalue weighted by molar-refractivity contribution is 0.0697. The molecule has 0 unspecified atom stereocenters. The zero-order chi connectivity index (χ0) is 14.5. The molecule has 1 aromatic heterocycles. The van der Waals surface area contributed by atoms with Crippen LogP contribution in [-0.4, -0.2) is 21.8 Å². The van der Waals surface area contributed by atoms with Gasteiger partial charge in [-0.15, -0.1) is 0 Å². The van der Waals surface area contributed by atoms with Gasteiger partial charge in [0.2, 0.25) is 0 Å². The first-order valence-electron chi connectivity index (χ1n) is 5.81. The maximum Gasteiger partial charge on any atom is 0.337 e. The van der Waals surface area contributed by atoms with Crippen LogP contribution in [0.2, 0.25) is 5.02 Å². The lowest BCUT2D eigenvalue weighted by Gasteiger charge is -2.05. The average molecular weight is 290 g/mol. The number of rotatable bonds is 4. The first-order valence-corrected chi connectivity index (χ1v) is 6.19. The molecule has 1 heterocycles. The predicted molar refractivity (Wildman–Crippen MR) is 78.5 cm³/mol. The molecule has 0 saturated heterocycles. The van der Waals surface area contributed by atoms with Crippen LogP contribution >= 0.6 is 11.6 Å². The number of aromatic carboxylic acids is 1. The zero-order valence-electron chi connectivity index (χ0n) is 10.7. The van der Waals surface area contributed by atoms with Crippen LogP contribution in [0.25, 0.3) is 0 Å². The topological polar surface area (TPSA) is 74.6 Å². The lowest BCUT2D eigenvalue weighted by Crippen LogP contribution is -2.02. The number of nitrogens with one attached hydrogen (secondary N) is 1. The van der Waals surface area contributed by atoms with Gasteiger partial charge < -0.3 is 5.11 Å². The van der Waals surface area contributed by atoms with Gasteiger partial charge in [0.1, 0.15) is 0 Å². The second-order valence-corrected chi connectivity index (χ2v) is 4.45. The van der Waals surface area contributed by atoms with E-state index >= 15 is 0 Å². The van der Waals surface area contributed by atoms with Gasteiger partial charge in [-0.1, -0.05) is 11.6 Å². The van der Waals surface area contributed by atoms with Gasteiger partial charge in [0.15, 0.2) is 0 Å². The maximum absolute atomic E-state index is 11.0. The Morgan fingerprint density at radius 1 is 1.30 bits per heavy atom. The van der Waals surface area contributed by atoms with Crippen molar-refractivity contribution in [2.45, 2.75) is 6.92 Å².